The third kappa shape index (κ3) is 22.5. The second kappa shape index (κ2) is 18.0. The molecule has 0 heterocycles. The van der Waals surface area contributed by atoms with Gasteiger partial charge in [0.15, 0.2) is 0 Å². The van der Waals surface area contributed by atoms with Crippen molar-refractivity contribution >= 4 is 6.08 Å². The van der Waals surface area contributed by atoms with Gasteiger partial charge in [0.1, 0.15) is 0 Å². The summed E-state index contributed by atoms with van der Waals surface area (Å²) in [6.45, 7) is 6.70. The maximum atomic E-state index is 9.63. The van der Waals surface area contributed by atoms with Crippen molar-refractivity contribution in [2.24, 2.45) is 4.99 Å². The fourth-order valence-corrected chi connectivity index (χ4v) is 0.836. The quantitative estimate of drug-likeness (QED) is 0.274. The average molecular weight is 199 g/mol. The topological polar surface area (TPSA) is 38.7 Å². The maximum absolute atomic E-state index is 9.63. The molecular weight excluding hydrogens is 178 g/mol. The number of hydrogen-bond acceptors (Lipinski definition) is 3. The molecule has 0 saturated heterocycles. The fraction of sp³-hybridized carbons (Fsp3) is 0.727. The van der Waals surface area contributed by atoms with Crippen molar-refractivity contribution in [1.29, 1.82) is 0 Å². The SMILES string of the molecule is C=CC.COCCCCCCN=C=O. The zero-order chi connectivity index (χ0) is 11.1. The van der Waals surface area contributed by atoms with Gasteiger partial charge in [-0.2, -0.15) is 0 Å². The molecule has 0 spiro atoms. The molecule has 0 unspecified atom stereocenters. The molecule has 0 aromatic rings. The largest absolute Gasteiger partial charge is 0.385 e. The Hall–Kier alpha value is -0.920. The van der Waals surface area contributed by atoms with Gasteiger partial charge in [0, 0.05) is 13.7 Å². The van der Waals surface area contributed by atoms with Gasteiger partial charge in [-0.3, -0.25) is 0 Å². The highest BCUT2D eigenvalue weighted by molar-refractivity contribution is 5.32. The third-order valence-corrected chi connectivity index (χ3v) is 1.43. The predicted molar refractivity (Wildman–Crippen MR) is 59.2 cm³/mol. The van der Waals surface area contributed by atoms with Gasteiger partial charge in [0.05, 0.1) is 6.54 Å². The van der Waals surface area contributed by atoms with Crippen LogP contribution in [0.2, 0.25) is 0 Å². The molecule has 14 heavy (non-hydrogen) atoms. The van der Waals surface area contributed by atoms with E-state index in [9.17, 15) is 4.79 Å². The summed E-state index contributed by atoms with van der Waals surface area (Å²) in [7, 11) is 1.71. The first-order chi connectivity index (χ1) is 6.83. The van der Waals surface area contributed by atoms with Crippen LogP contribution >= 0.6 is 0 Å². The van der Waals surface area contributed by atoms with E-state index < -0.39 is 0 Å². The summed E-state index contributed by atoms with van der Waals surface area (Å²) >= 11 is 0. The van der Waals surface area contributed by atoms with Gasteiger partial charge in [-0.25, -0.2) is 9.79 Å². The normalized spacial score (nSPS) is 8.14. The van der Waals surface area contributed by atoms with Crippen LogP contribution in [0, 0.1) is 0 Å². The second-order valence-electron chi connectivity index (χ2n) is 2.79. The molecule has 0 atom stereocenters. The molecule has 3 heteroatoms. The number of hydrogen-bond donors (Lipinski definition) is 0. The number of ether oxygens (including phenoxy) is 1. The molecular formula is C11H21NO2. The lowest BCUT2D eigenvalue weighted by Gasteiger charge is -1.96. The van der Waals surface area contributed by atoms with Crippen LogP contribution in [0.3, 0.4) is 0 Å². The van der Waals surface area contributed by atoms with Gasteiger partial charge in [0.2, 0.25) is 6.08 Å². The first-order valence-electron chi connectivity index (χ1n) is 4.93. The molecule has 0 aliphatic heterocycles. The minimum Gasteiger partial charge on any atom is -0.385 e. The van der Waals surface area contributed by atoms with E-state index in [0.29, 0.717) is 6.54 Å². The molecule has 0 radical (unpaired) electrons. The van der Waals surface area contributed by atoms with Crippen molar-refractivity contribution in [2.45, 2.75) is 32.6 Å². The second-order valence-corrected chi connectivity index (χ2v) is 2.79. The van der Waals surface area contributed by atoms with Crippen LogP contribution < -0.4 is 0 Å². The van der Waals surface area contributed by atoms with Crippen LogP contribution in [-0.2, 0) is 9.53 Å². The Labute approximate surface area is 86.9 Å². The molecule has 82 valence electrons. The average Bonchev–Trinajstić information content (AvgIpc) is 2.18. The van der Waals surface area contributed by atoms with Crippen LogP contribution in [0.5, 0.6) is 0 Å². The minimum atomic E-state index is 0.622. The van der Waals surface area contributed by atoms with Gasteiger partial charge < -0.3 is 4.74 Å². The Balaban J connectivity index is 0. The summed E-state index contributed by atoms with van der Waals surface area (Å²) < 4.78 is 4.88. The summed E-state index contributed by atoms with van der Waals surface area (Å²) in [5.74, 6) is 0. The molecule has 0 saturated carbocycles. The highest BCUT2D eigenvalue weighted by Crippen LogP contribution is 1.99. The third-order valence-electron chi connectivity index (χ3n) is 1.43. The molecule has 3 nitrogen and oxygen atoms in total. The smallest absolute Gasteiger partial charge is 0.234 e. The summed E-state index contributed by atoms with van der Waals surface area (Å²) in [6, 6.07) is 0. The summed E-state index contributed by atoms with van der Waals surface area (Å²) in [5.41, 5.74) is 0. The van der Waals surface area contributed by atoms with Gasteiger partial charge in [0.25, 0.3) is 0 Å². The molecule has 0 aromatic carbocycles. The van der Waals surface area contributed by atoms with Crippen LogP contribution in [0.15, 0.2) is 17.6 Å². The lowest BCUT2D eigenvalue weighted by molar-refractivity contribution is 0.192. The highest BCUT2D eigenvalue weighted by Gasteiger charge is 1.87. The number of isocyanates is 1. The number of carbonyl (C=O) groups excluding carboxylic acids is 1. The van der Waals surface area contributed by atoms with Crippen LogP contribution in [0.4, 0.5) is 0 Å². The summed E-state index contributed by atoms with van der Waals surface area (Å²) in [6.07, 6.45) is 7.63. The van der Waals surface area contributed by atoms with E-state index >= 15 is 0 Å². The first-order valence-corrected chi connectivity index (χ1v) is 4.93. The first kappa shape index (κ1) is 15.5. The number of allylic oxidation sites excluding steroid dienone is 1. The van der Waals surface area contributed by atoms with Crippen molar-refractivity contribution in [3.8, 4) is 0 Å². The van der Waals surface area contributed by atoms with Crippen molar-refractivity contribution in [1.82, 2.24) is 0 Å². The Kier molecular flexibility index (Phi) is 20.0. The standard InChI is InChI=1S/C8H15NO2.C3H6/c1-11-7-5-3-2-4-6-9-8-10;1-3-2/h2-7H2,1H3;3H,1H2,2H3. The molecule has 0 fully saturated rings. The van der Waals surface area contributed by atoms with Gasteiger partial charge in [-0.15, -0.1) is 6.58 Å². The monoisotopic (exact) mass is 199 g/mol. The Morgan fingerprint density at radius 3 is 2.43 bits per heavy atom. The highest BCUT2D eigenvalue weighted by atomic mass is 16.5. The fourth-order valence-electron chi connectivity index (χ4n) is 0.836. The molecule has 0 N–H and O–H groups in total. The molecule has 0 rings (SSSR count). The van der Waals surface area contributed by atoms with E-state index in [0.717, 1.165) is 32.3 Å². The molecule has 0 aliphatic rings. The molecule has 0 aromatic heterocycles. The Bertz CT molecular complexity index is 151. The molecule has 0 aliphatic carbocycles. The number of aliphatic imine (C=N–C) groups is 1. The number of unbranched alkanes of at least 4 members (excludes halogenated alkanes) is 3. The van der Waals surface area contributed by atoms with Crippen molar-refractivity contribution in [3.05, 3.63) is 12.7 Å². The predicted octanol–water partition coefficient (Wildman–Crippen LogP) is 2.72. The van der Waals surface area contributed by atoms with E-state index in [4.69, 9.17) is 4.74 Å². The van der Waals surface area contributed by atoms with Crippen molar-refractivity contribution in [3.63, 3.8) is 0 Å². The molecule has 0 bridgehead atoms. The van der Waals surface area contributed by atoms with E-state index in [2.05, 4.69) is 11.6 Å². The van der Waals surface area contributed by atoms with E-state index in [1.165, 1.54) is 6.08 Å². The van der Waals surface area contributed by atoms with E-state index in [-0.39, 0.29) is 0 Å². The minimum absolute atomic E-state index is 0.622. The van der Waals surface area contributed by atoms with Gasteiger partial charge >= 0.3 is 0 Å². The summed E-state index contributed by atoms with van der Waals surface area (Å²) in [5, 5.41) is 0. The van der Waals surface area contributed by atoms with Crippen LogP contribution in [0.1, 0.15) is 32.6 Å². The number of methoxy groups -OCH3 is 1. The lowest BCUT2D eigenvalue weighted by Crippen LogP contribution is -1.88. The molecule has 0 amide bonds. The van der Waals surface area contributed by atoms with E-state index in [1.54, 1.807) is 13.2 Å². The summed E-state index contributed by atoms with van der Waals surface area (Å²) in [4.78, 5) is 13.1. The zero-order valence-electron chi connectivity index (χ0n) is 9.29. The number of rotatable bonds is 7. The van der Waals surface area contributed by atoms with Gasteiger partial charge in [-0.1, -0.05) is 18.9 Å². The maximum Gasteiger partial charge on any atom is 0.234 e. The van der Waals surface area contributed by atoms with Crippen LogP contribution in [0.25, 0.3) is 0 Å². The van der Waals surface area contributed by atoms with Crippen molar-refractivity contribution in [2.75, 3.05) is 20.3 Å². The zero-order valence-corrected chi connectivity index (χ0v) is 9.29. The van der Waals surface area contributed by atoms with Crippen LogP contribution in [-0.4, -0.2) is 26.3 Å². The van der Waals surface area contributed by atoms with Crippen molar-refractivity contribution < 1.29 is 9.53 Å². The van der Waals surface area contributed by atoms with E-state index in [1.807, 2.05) is 6.92 Å². The Morgan fingerprint density at radius 2 is 1.93 bits per heavy atom. The van der Waals surface area contributed by atoms with Gasteiger partial charge in [-0.05, 0) is 19.8 Å². The Morgan fingerprint density at radius 1 is 1.36 bits per heavy atom. The number of nitrogens with zero attached hydrogens (tertiary/aromatic N) is 1. The lowest BCUT2D eigenvalue weighted by atomic mass is 10.2.